The number of hydrogen-bond acceptors (Lipinski definition) is 3. The van der Waals surface area contributed by atoms with Gasteiger partial charge in [0.15, 0.2) is 5.84 Å². The molecule has 0 aliphatic heterocycles. The lowest BCUT2D eigenvalue weighted by Crippen LogP contribution is -2.38. The minimum absolute atomic E-state index is 0.0896. The number of amidine groups is 1. The highest BCUT2D eigenvalue weighted by Gasteiger charge is 2.26. The molecule has 0 saturated heterocycles. The zero-order valence-electron chi connectivity index (χ0n) is 13.5. The quantitative estimate of drug-likeness (QED) is 0.246. The molecule has 126 valence electrons. The minimum Gasteiger partial charge on any atom is -0.409 e. The monoisotopic (exact) mass is 312 g/mol. The largest absolute Gasteiger partial charge is 0.409 e. The van der Waals surface area contributed by atoms with Crippen LogP contribution in [0.2, 0.25) is 0 Å². The number of hydroxylamine groups is 2. The Bertz CT molecular complexity index is 325. The maximum Gasteiger partial charge on any atom is 0.389 e. The molecule has 0 rings (SSSR count). The van der Waals surface area contributed by atoms with Crippen LogP contribution < -0.4 is 0 Å². The van der Waals surface area contributed by atoms with Gasteiger partial charge < -0.3 is 5.21 Å². The van der Waals surface area contributed by atoms with Crippen molar-refractivity contribution in [1.82, 2.24) is 5.06 Å². The summed E-state index contributed by atoms with van der Waals surface area (Å²) in [5.41, 5.74) is -0.420. The molecule has 0 aromatic carbocycles. The van der Waals surface area contributed by atoms with E-state index in [0.29, 0.717) is 25.1 Å². The van der Waals surface area contributed by atoms with Crippen LogP contribution >= 0.6 is 0 Å². The van der Waals surface area contributed by atoms with Crippen molar-refractivity contribution in [2.75, 3.05) is 7.05 Å². The van der Waals surface area contributed by atoms with Gasteiger partial charge in [-0.2, -0.15) is 13.2 Å². The Morgan fingerprint density at radius 3 is 2.19 bits per heavy atom. The average Bonchev–Trinajstić information content (AvgIpc) is 2.25. The zero-order valence-corrected chi connectivity index (χ0v) is 13.5. The first-order chi connectivity index (χ1) is 9.46. The van der Waals surface area contributed by atoms with Gasteiger partial charge in [0.25, 0.3) is 0 Å². The lowest BCUT2D eigenvalue weighted by atomic mass is 10.0. The molecule has 1 atom stereocenters. The second-order valence-electron chi connectivity index (χ2n) is 6.27. The van der Waals surface area contributed by atoms with Gasteiger partial charge in [-0.25, -0.2) is 5.06 Å². The molecule has 0 radical (unpaired) electrons. The van der Waals surface area contributed by atoms with Crippen molar-refractivity contribution < 1.29 is 23.2 Å². The minimum atomic E-state index is -4.08. The highest BCUT2D eigenvalue weighted by molar-refractivity contribution is 5.82. The van der Waals surface area contributed by atoms with Gasteiger partial charge in [0.05, 0.1) is 5.60 Å². The van der Waals surface area contributed by atoms with Gasteiger partial charge in [0, 0.05) is 19.4 Å². The van der Waals surface area contributed by atoms with Gasteiger partial charge in [-0.3, -0.25) is 4.84 Å². The summed E-state index contributed by atoms with van der Waals surface area (Å²) in [6.07, 6.45) is -2.88. The highest BCUT2D eigenvalue weighted by Crippen LogP contribution is 2.24. The predicted molar refractivity (Wildman–Crippen MR) is 76.1 cm³/mol. The lowest BCUT2D eigenvalue weighted by molar-refractivity contribution is -0.171. The summed E-state index contributed by atoms with van der Waals surface area (Å²) in [5, 5.41) is 13.8. The third kappa shape index (κ3) is 10.4. The SMILES string of the molecule is CC(CCCCCC(F)(F)F)/C(=N/O)N(C)OC(C)(C)C. The van der Waals surface area contributed by atoms with E-state index in [4.69, 9.17) is 10.0 Å². The van der Waals surface area contributed by atoms with E-state index in [9.17, 15) is 13.2 Å². The number of rotatable bonds is 7. The van der Waals surface area contributed by atoms with Crippen LogP contribution in [-0.4, -0.2) is 34.9 Å². The van der Waals surface area contributed by atoms with E-state index in [0.717, 1.165) is 0 Å². The first kappa shape index (κ1) is 20.0. The Hall–Kier alpha value is -0.980. The maximum atomic E-state index is 12.0. The standard InChI is InChI=1S/C14H27F3N2O2/c1-11(9-7-6-8-10-14(15,16)17)12(18-20)19(5)21-13(2,3)4/h11,20H,6-10H2,1-5H3/b18-12-. The number of hydrogen-bond donors (Lipinski definition) is 1. The van der Waals surface area contributed by atoms with Gasteiger partial charge in [-0.1, -0.05) is 24.9 Å². The van der Waals surface area contributed by atoms with Crippen LogP contribution in [0.4, 0.5) is 13.2 Å². The molecular weight excluding hydrogens is 285 g/mol. The van der Waals surface area contributed by atoms with Crippen molar-refractivity contribution in [2.24, 2.45) is 11.1 Å². The van der Waals surface area contributed by atoms with Crippen LogP contribution in [0.5, 0.6) is 0 Å². The Balaban J connectivity index is 4.15. The molecule has 1 N–H and O–H groups in total. The summed E-state index contributed by atoms with van der Waals surface area (Å²) in [6.45, 7) is 7.49. The van der Waals surface area contributed by atoms with Crippen LogP contribution in [0.3, 0.4) is 0 Å². The molecule has 0 aromatic heterocycles. The first-order valence-corrected chi connectivity index (χ1v) is 7.18. The molecule has 0 bridgehead atoms. The molecule has 4 nitrogen and oxygen atoms in total. The van der Waals surface area contributed by atoms with Gasteiger partial charge in [0.2, 0.25) is 0 Å². The van der Waals surface area contributed by atoms with Crippen molar-refractivity contribution in [3.63, 3.8) is 0 Å². The number of halogens is 3. The lowest BCUT2D eigenvalue weighted by Gasteiger charge is -2.30. The fraction of sp³-hybridized carbons (Fsp3) is 0.929. The van der Waals surface area contributed by atoms with Gasteiger partial charge in [-0.15, -0.1) is 0 Å². The van der Waals surface area contributed by atoms with Crippen LogP contribution in [-0.2, 0) is 4.84 Å². The maximum absolute atomic E-state index is 12.0. The summed E-state index contributed by atoms with van der Waals surface area (Å²) in [5.74, 6) is 0.286. The number of unbranched alkanes of at least 4 members (excludes halogenated alkanes) is 2. The molecule has 1 unspecified atom stereocenters. The number of oxime groups is 1. The third-order valence-corrected chi connectivity index (χ3v) is 2.87. The fourth-order valence-corrected chi connectivity index (χ4v) is 2.01. The number of alkyl halides is 3. The Labute approximate surface area is 124 Å². The summed E-state index contributed by atoms with van der Waals surface area (Å²) in [7, 11) is 1.65. The summed E-state index contributed by atoms with van der Waals surface area (Å²) in [6, 6.07) is 0. The van der Waals surface area contributed by atoms with E-state index in [1.54, 1.807) is 7.05 Å². The second kappa shape index (κ2) is 8.46. The van der Waals surface area contributed by atoms with Crippen molar-refractivity contribution >= 4 is 5.84 Å². The Morgan fingerprint density at radius 2 is 1.76 bits per heavy atom. The van der Waals surface area contributed by atoms with Gasteiger partial charge >= 0.3 is 6.18 Å². The Kier molecular flexibility index (Phi) is 8.06. The van der Waals surface area contributed by atoms with Crippen molar-refractivity contribution in [3.8, 4) is 0 Å². The summed E-state index contributed by atoms with van der Waals surface area (Å²) >= 11 is 0. The molecule has 0 aromatic rings. The van der Waals surface area contributed by atoms with E-state index >= 15 is 0 Å². The summed E-state index contributed by atoms with van der Waals surface area (Å²) < 4.78 is 36.0. The topological polar surface area (TPSA) is 45.1 Å². The molecule has 21 heavy (non-hydrogen) atoms. The molecule has 0 aliphatic carbocycles. The van der Waals surface area contributed by atoms with Crippen LogP contribution in [0.15, 0.2) is 5.16 Å². The highest BCUT2D eigenvalue weighted by atomic mass is 19.4. The second-order valence-corrected chi connectivity index (χ2v) is 6.27. The van der Waals surface area contributed by atoms with Crippen molar-refractivity contribution in [2.45, 2.75) is 71.6 Å². The van der Waals surface area contributed by atoms with E-state index in [1.165, 1.54) is 5.06 Å². The molecule has 0 amide bonds. The zero-order chi connectivity index (χ0) is 16.7. The molecule has 0 heterocycles. The van der Waals surface area contributed by atoms with Crippen LogP contribution in [0, 0.1) is 5.92 Å². The predicted octanol–water partition coefficient (Wildman–Crippen LogP) is 4.58. The first-order valence-electron chi connectivity index (χ1n) is 7.18. The molecular formula is C14H27F3N2O2. The van der Waals surface area contributed by atoms with Gasteiger partial charge in [-0.05, 0) is 33.6 Å². The average molecular weight is 312 g/mol. The van der Waals surface area contributed by atoms with Crippen LogP contribution in [0.1, 0.15) is 59.8 Å². The van der Waals surface area contributed by atoms with Crippen LogP contribution in [0.25, 0.3) is 0 Å². The molecule has 0 aliphatic rings. The molecule has 7 heteroatoms. The van der Waals surface area contributed by atoms with Crippen molar-refractivity contribution in [3.05, 3.63) is 0 Å². The number of nitrogens with zero attached hydrogens (tertiary/aromatic N) is 2. The molecule has 0 spiro atoms. The molecule has 0 fully saturated rings. The van der Waals surface area contributed by atoms with E-state index < -0.39 is 18.2 Å². The van der Waals surface area contributed by atoms with E-state index in [2.05, 4.69) is 5.16 Å². The van der Waals surface area contributed by atoms with Crippen molar-refractivity contribution in [1.29, 1.82) is 0 Å². The smallest absolute Gasteiger partial charge is 0.389 e. The molecule has 0 saturated carbocycles. The van der Waals surface area contributed by atoms with E-state index in [1.807, 2.05) is 27.7 Å². The normalized spacial score (nSPS) is 15.1. The fourth-order valence-electron chi connectivity index (χ4n) is 2.01. The van der Waals surface area contributed by atoms with E-state index in [-0.39, 0.29) is 12.3 Å². The van der Waals surface area contributed by atoms with Gasteiger partial charge in [0.1, 0.15) is 0 Å². The summed E-state index contributed by atoms with van der Waals surface area (Å²) in [4.78, 5) is 5.58. The third-order valence-electron chi connectivity index (χ3n) is 2.87. The Morgan fingerprint density at radius 1 is 1.19 bits per heavy atom.